The summed E-state index contributed by atoms with van der Waals surface area (Å²) in [6.45, 7) is 0. The van der Waals surface area contributed by atoms with Gasteiger partial charge in [0.1, 0.15) is 0 Å². The highest BCUT2D eigenvalue weighted by Gasteiger charge is 2.41. The van der Waals surface area contributed by atoms with Crippen LogP contribution in [0.1, 0.15) is 25.7 Å². The van der Waals surface area contributed by atoms with Gasteiger partial charge in [-0.15, -0.1) is 0 Å². The topological polar surface area (TPSA) is 69.1 Å². The van der Waals surface area contributed by atoms with E-state index in [9.17, 15) is 13.6 Å². The van der Waals surface area contributed by atoms with Gasteiger partial charge in [-0.05, 0) is 12.3 Å². The van der Waals surface area contributed by atoms with Gasteiger partial charge < -0.3 is 11.5 Å². The zero-order chi connectivity index (χ0) is 10.1. The minimum absolute atomic E-state index is 0.000741. The highest BCUT2D eigenvalue weighted by atomic mass is 19.3. The van der Waals surface area contributed by atoms with Crippen LogP contribution in [0.15, 0.2) is 0 Å². The van der Waals surface area contributed by atoms with Crippen molar-refractivity contribution in [1.82, 2.24) is 0 Å². The SMILES string of the molecule is NC(=O)C[C@H](N)C1CCC(F)(F)C1. The fourth-order valence-corrected chi connectivity index (χ4v) is 1.75. The molecule has 0 aromatic rings. The van der Waals surface area contributed by atoms with Gasteiger partial charge in [-0.1, -0.05) is 0 Å². The fourth-order valence-electron chi connectivity index (χ4n) is 1.75. The van der Waals surface area contributed by atoms with Crippen LogP contribution in [0.25, 0.3) is 0 Å². The normalized spacial score (nSPS) is 28.7. The van der Waals surface area contributed by atoms with Crippen molar-refractivity contribution in [3.8, 4) is 0 Å². The smallest absolute Gasteiger partial charge is 0.248 e. The number of carbonyl (C=O) groups is 1. The summed E-state index contributed by atoms with van der Waals surface area (Å²) in [5.74, 6) is -3.38. The average Bonchev–Trinajstić information content (AvgIpc) is 2.28. The third kappa shape index (κ3) is 2.91. The van der Waals surface area contributed by atoms with E-state index in [0.717, 1.165) is 0 Å². The molecule has 3 nitrogen and oxygen atoms in total. The molecule has 0 aliphatic heterocycles. The molecular weight excluding hydrogens is 178 g/mol. The Morgan fingerprint density at radius 1 is 1.62 bits per heavy atom. The number of halogens is 2. The summed E-state index contributed by atoms with van der Waals surface area (Å²) in [6.07, 6.45) is 0.0633. The maximum Gasteiger partial charge on any atom is 0.248 e. The van der Waals surface area contributed by atoms with Crippen molar-refractivity contribution in [3.63, 3.8) is 0 Å². The van der Waals surface area contributed by atoms with Crippen molar-refractivity contribution < 1.29 is 13.6 Å². The fraction of sp³-hybridized carbons (Fsp3) is 0.875. The highest BCUT2D eigenvalue weighted by molar-refractivity contribution is 5.74. The number of rotatable bonds is 3. The molecule has 1 rings (SSSR count). The molecule has 76 valence electrons. The molecular formula is C8H14F2N2O. The Labute approximate surface area is 75.5 Å². The Hall–Kier alpha value is -0.710. The average molecular weight is 192 g/mol. The van der Waals surface area contributed by atoms with Crippen molar-refractivity contribution in [2.75, 3.05) is 0 Å². The third-order valence-electron chi connectivity index (χ3n) is 2.48. The Morgan fingerprint density at radius 3 is 2.62 bits per heavy atom. The van der Waals surface area contributed by atoms with Crippen molar-refractivity contribution in [2.45, 2.75) is 37.6 Å². The second-order valence-corrected chi connectivity index (χ2v) is 3.69. The molecule has 0 radical (unpaired) electrons. The van der Waals surface area contributed by atoms with Gasteiger partial charge >= 0.3 is 0 Å². The first-order valence-electron chi connectivity index (χ1n) is 4.32. The highest BCUT2D eigenvalue weighted by Crippen LogP contribution is 2.40. The lowest BCUT2D eigenvalue weighted by Crippen LogP contribution is -2.34. The molecule has 2 atom stereocenters. The Balaban J connectivity index is 2.42. The Bertz CT molecular complexity index is 208. The monoisotopic (exact) mass is 192 g/mol. The van der Waals surface area contributed by atoms with Crippen LogP contribution in [0.5, 0.6) is 0 Å². The van der Waals surface area contributed by atoms with Gasteiger partial charge in [-0.3, -0.25) is 4.79 Å². The number of primary amides is 1. The molecule has 0 bridgehead atoms. The number of hydrogen-bond acceptors (Lipinski definition) is 2. The van der Waals surface area contributed by atoms with Gasteiger partial charge in [-0.25, -0.2) is 8.78 Å². The number of carbonyl (C=O) groups excluding carboxylic acids is 1. The lowest BCUT2D eigenvalue weighted by molar-refractivity contribution is -0.118. The summed E-state index contributed by atoms with van der Waals surface area (Å²) in [6, 6.07) is -0.508. The molecule has 1 aliphatic rings. The molecule has 1 fully saturated rings. The number of hydrogen-bond donors (Lipinski definition) is 2. The van der Waals surface area contributed by atoms with E-state index >= 15 is 0 Å². The molecule has 0 saturated heterocycles. The summed E-state index contributed by atoms with van der Waals surface area (Å²) in [7, 11) is 0. The predicted molar refractivity (Wildman–Crippen MR) is 44.1 cm³/mol. The van der Waals surface area contributed by atoms with Crippen LogP contribution in [0.3, 0.4) is 0 Å². The quantitative estimate of drug-likeness (QED) is 0.688. The van der Waals surface area contributed by atoms with E-state index in [1.54, 1.807) is 0 Å². The lowest BCUT2D eigenvalue weighted by Gasteiger charge is -2.17. The predicted octanol–water partition coefficient (Wildman–Crippen LogP) is 0.624. The molecule has 1 amide bonds. The number of alkyl halides is 2. The third-order valence-corrected chi connectivity index (χ3v) is 2.48. The van der Waals surface area contributed by atoms with Crippen LogP contribution in [0.2, 0.25) is 0 Å². The second kappa shape index (κ2) is 3.57. The first kappa shape index (κ1) is 10.4. The zero-order valence-corrected chi connectivity index (χ0v) is 7.30. The molecule has 0 aromatic carbocycles. The molecule has 1 aliphatic carbocycles. The summed E-state index contributed by atoms with van der Waals surface area (Å²) in [4.78, 5) is 10.5. The minimum Gasteiger partial charge on any atom is -0.370 e. The van der Waals surface area contributed by atoms with Crippen LogP contribution in [0.4, 0.5) is 8.78 Å². The lowest BCUT2D eigenvalue weighted by atomic mass is 9.96. The van der Waals surface area contributed by atoms with Gasteiger partial charge in [0.2, 0.25) is 11.8 Å². The largest absolute Gasteiger partial charge is 0.370 e. The first-order valence-corrected chi connectivity index (χ1v) is 4.32. The summed E-state index contributed by atoms with van der Waals surface area (Å²) >= 11 is 0. The Kier molecular flexibility index (Phi) is 2.85. The minimum atomic E-state index is -2.60. The van der Waals surface area contributed by atoms with Crippen molar-refractivity contribution in [2.24, 2.45) is 17.4 Å². The van der Waals surface area contributed by atoms with Crippen molar-refractivity contribution >= 4 is 5.91 Å². The summed E-state index contributed by atoms with van der Waals surface area (Å²) < 4.78 is 25.4. The summed E-state index contributed by atoms with van der Waals surface area (Å²) in [5, 5.41) is 0. The summed E-state index contributed by atoms with van der Waals surface area (Å²) in [5.41, 5.74) is 10.5. The van der Waals surface area contributed by atoms with E-state index in [-0.39, 0.29) is 25.2 Å². The molecule has 13 heavy (non-hydrogen) atoms. The Morgan fingerprint density at radius 2 is 2.23 bits per heavy atom. The number of nitrogens with two attached hydrogens (primary N) is 2. The van der Waals surface area contributed by atoms with Gasteiger partial charge in [0.15, 0.2) is 0 Å². The van der Waals surface area contributed by atoms with E-state index in [1.807, 2.05) is 0 Å². The van der Waals surface area contributed by atoms with E-state index in [2.05, 4.69) is 0 Å². The van der Waals surface area contributed by atoms with Crippen LogP contribution in [0, 0.1) is 5.92 Å². The number of amides is 1. The molecule has 4 N–H and O–H groups in total. The molecule has 1 saturated carbocycles. The van der Waals surface area contributed by atoms with Crippen LogP contribution in [-0.2, 0) is 4.79 Å². The zero-order valence-electron chi connectivity index (χ0n) is 7.30. The van der Waals surface area contributed by atoms with Crippen molar-refractivity contribution in [3.05, 3.63) is 0 Å². The maximum atomic E-state index is 12.7. The second-order valence-electron chi connectivity index (χ2n) is 3.69. The van der Waals surface area contributed by atoms with E-state index < -0.39 is 17.9 Å². The van der Waals surface area contributed by atoms with E-state index in [4.69, 9.17) is 11.5 Å². The van der Waals surface area contributed by atoms with Gasteiger partial charge in [0, 0.05) is 25.3 Å². The molecule has 5 heteroatoms. The molecule has 0 spiro atoms. The van der Waals surface area contributed by atoms with E-state index in [1.165, 1.54) is 0 Å². The molecule has 0 aromatic heterocycles. The first-order chi connectivity index (χ1) is 5.91. The van der Waals surface area contributed by atoms with Gasteiger partial charge in [0.05, 0.1) is 0 Å². The van der Waals surface area contributed by atoms with Crippen molar-refractivity contribution in [1.29, 1.82) is 0 Å². The molecule has 1 unspecified atom stereocenters. The van der Waals surface area contributed by atoms with Crippen LogP contribution in [-0.4, -0.2) is 17.9 Å². The molecule has 0 heterocycles. The standard InChI is InChI=1S/C8H14F2N2O/c9-8(10)2-1-5(4-8)6(11)3-7(12)13/h5-6H,1-4,11H2,(H2,12,13)/t5?,6-/m0/s1. The maximum absolute atomic E-state index is 12.7. The van der Waals surface area contributed by atoms with E-state index in [0.29, 0.717) is 6.42 Å². The van der Waals surface area contributed by atoms with Crippen LogP contribution >= 0.6 is 0 Å². The van der Waals surface area contributed by atoms with Gasteiger partial charge in [-0.2, -0.15) is 0 Å². The van der Waals surface area contributed by atoms with Crippen LogP contribution < -0.4 is 11.5 Å². The van der Waals surface area contributed by atoms with Gasteiger partial charge in [0.25, 0.3) is 0 Å².